The molecule has 0 amide bonds. The third kappa shape index (κ3) is 3.58. The van der Waals surface area contributed by atoms with Crippen LogP contribution in [0.15, 0.2) is 17.2 Å². The fourth-order valence-corrected chi connectivity index (χ4v) is 1.33. The molecule has 0 heterocycles. The summed E-state index contributed by atoms with van der Waals surface area (Å²) in [4.78, 5) is 11.4. The summed E-state index contributed by atoms with van der Waals surface area (Å²) >= 11 is 0. The van der Waals surface area contributed by atoms with E-state index in [4.69, 9.17) is 10.1 Å². The summed E-state index contributed by atoms with van der Waals surface area (Å²) in [6.45, 7) is 5.77. The van der Waals surface area contributed by atoms with E-state index in [1.165, 1.54) is 7.11 Å². The van der Waals surface area contributed by atoms with E-state index in [-0.39, 0.29) is 11.9 Å². The molecule has 0 aromatic carbocycles. The van der Waals surface area contributed by atoms with Gasteiger partial charge in [0.2, 0.25) is 0 Å². The van der Waals surface area contributed by atoms with Crippen LogP contribution in [-0.4, -0.2) is 18.9 Å². The van der Waals surface area contributed by atoms with E-state index in [1.807, 2.05) is 20.8 Å². The summed E-state index contributed by atoms with van der Waals surface area (Å²) in [5.74, 6) is 2.05. The molecule has 0 aromatic rings. The van der Waals surface area contributed by atoms with Gasteiger partial charge in [-0.3, -0.25) is 5.41 Å². The van der Waals surface area contributed by atoms with Crippen molar-refractivity contribution in [3.63, 3.8) is 0 Å². The van der Waals surface area contributed by atoms with Crippen molar-refractivity contribution in [3.05, 3.63) is 17.2 Å². The molecule has 0 aliphatic heterocycles. The van der Waals surface area contributed by atoms with Crippen molar-refractivity contribution < 1.29 is 9.53 Å². The minimum atomic E-state index is -0.282. The molecule has 0 saturated carbocycles. The Bertz CT molecular complexity index is 284. The number of hydrogen-bond acceptors (Lipinski definition) is 3. The normalized spacial score (nSPS) is 11.8. The Hall–Kier alpha value is -1.34. The molecule has 3 heteroatoms. The van der Waals surface area contributed by atoms with Gasteiger partial charge in [-0.2, -0.15) is 0 Å². The van der Waals surface area contributed by atoms with Gasteiger partial charge in [-0.1, -0.05) is 19.4 Å². The highest BCUT2D eigenvalue weighted by atomic mass is 16.5. The van der Waals surface area contributed by atoms with Crippen LogP contribution < -0.4 is 0 Å². The van der Waals surface area contributed by atoms with E-state index in [9.17, 15) is 4.79 Å². The van der Waals surface area contributed by atoms with Gasteiger partial charge in [0.25, 0.3) is 0 Å². The van der Waals surface area contributed by atoms with Gasteiger partial charge in [0.05, 0.1) is 7.11 Å². The Balaban J connectivity index is 4.94. The first-order valence-corrected chi connectivity index (χ1v) is 4.56. The van der Waals surface area contributed by atoms with Crippen molar-refractivity contribution >= 4 is 11.8 Å². The first-order valence-electron chi connectivity index (χ1n) is 4.56. The molecular formula is C11H17NO2. The monoisotopic (exact) mass is 195 g/mol. The number of hydrogen-bond donors (Lipinski definition) is 1. The highest BCUT2D eigenvalue weighted by Crippen LogP contribution is 2.18. The summed E-state index contributed by atoms with van der Waals surface area (Å²) in [6, 6.07) is 0. The van der Waals surface area contributed by atoms with Crippen LogP contribution in [0.5, 0.6) is 0 Å². The highest BCUT2D eigenvalue weighted by molar-refractivity contribution is 5.89. The van der Waals surface area contributed by atoms with Crippen LogP contribution in [0.2, 0.25) is 0 Å². The third-order valence-corrected chi connectivity index (χ3v) is 1.95. The van der Waals surface area contributed by atoms with E-state index in [0.717, 1.165) is 5.57 Å². The van der Waals surface area contributed by atoms with E-state index >= 15 is 0 Å². The number of carbonyl (C=O) groups excluding carboxylic acids is 1. The number of ether oxygens (including phenoxy) is 1. The van der Waals surface area contributed by atoms with Crippen LogP contribution >= 0.6 is 0 Å². The maximum atomic E-state index is 11.4. The predicted molar refractivity (Wildman–Crippen MR) is 56.5 cm³/mol. The molecule has 0 aliphatic rings. The Morgan fingerprint density at radius 2 is 2.14 bits per heavy atom. The Morgan fingerprint density at radius 3 is 2.50 bits per heavy atom. The molecule has 78 valence electrons. The lowest BCUT2D eigenvalue weighted by Gasteiger charge is -2.12. The van der Waals surface area contributed by atoms with Gasteiger partial charge >= 0.3 is 5.97 Å². The van der Waals surface area contributed by atoms with E-state index < -0.39 is 0 Å². The zero-order chi connectivity index (χ0) is 11.1. The molecule has 0 fully saturated rings. The average Bonchev–Trinajstić information content (AvgIpc) is 2.14. The minimum absolute atomic E-state index is 0.140. The van der Waals surface area contributed by atoms with Gasteiger partial charge in [-0.05, 0) is 31.2 Å². The number of methoxy groups -OCH3 is 1. The van der Waals surface area contributed by atoms with Crippen LogP contribution in [-0.2, 0) is 9.53 Å². The van der Waals surface area contributed by atoms with Gasteiger partial charge < -0.3 is 4.74 Å². The van der Waals surface area contributed by atoms with E-state index in [1.54, 1.807) is 6.08 Å². The van der Waals surface area contributed by atoms with Gasteiger partial charge in [0, 0.05) is 5.57 Å². The van der Waals surface area contributed by atoms with Crippen LogP contribution in [0.3, 0.4) is 0 Å². The molecule has 0 aliphatic carbocycles. The minimum Gasteiger partial charge on any atom is -0.466 e. The van der Waals surface area contributed by atoms with E-state index in [2.05, 4.69) is 5.87 Å². The van der Waals surface area contributed by atoms with Gasteiger partial charge in [-0.25, -0.2) is 4.79 Å². The number of allylic oxidation sites excluding steroid dienone is 2. The third-order valence-electron chi connectivity index (χ3n) is 1.95. The molecule has 0 aromatic heterocycles. The Labute approximate surface area is 85.0 Å². The number of nitrogens with one attached hydrogen (secondary N) is 1. The van der Waals surface area contributed by atoms with E-state index in [0.29, 0.717) is 12.0 Å². The summed E-state index contributed by atoms with van der Waals surface area (Å²) in [5, 5.41) is 6.75. The molecular weight excluding hydrogens is 178 g/mol. The lowest BCUT2D eigenvalue weighted by Crippen LogP contribution is -2.12. The maximum absolute atomic E-state index is 11.4. The molecule has 0 saturated heterocycles. The molecule has 0 spiro atoms. The molecule has 0 atom stereocenters. The second kappa shape index (κ2) is 6.17. The number of esters is 1. The second-order valence-electron chi connectivity index (χ2n) is 3.39. The topological polar surface area (TPSA) is 50.2 Å². The van der Waals surface area contributed by atoms with Crippen molar-refractivity contribution in [1.29, 1.82) is 5.41 Å². The molecule has 0 unspecified atom stereocenters. The van der Waals surface area contributed by atoms with Crippen LogP contribution in [0.1, 0.15) is 27.2 Å². The summed E-state index contributed by atoms with van der Waals surface area (Å²) in [6.07, 6.45) is 2.16. The summed E-state index contributed by atoms with van der Waals surface area (Å²) < 4.78 is 4.70. The van der Waals surface area contributed by atoms with Crippen LogP contribution in [0.4, 0.5) is 0 Å². The number of carbonyl (C=O) groups is 1. The van der Waals surface area contributed by atoms with Crippen molar-refractivity contribution in [1.82, 2.24) is 0 Å². The summed E-state index contributed by atoms with van der Waals surface area (Å²) in [7, 11) is 1.38. The standard InChI is InChI=1S/C11H17NO2/c1-8(2)10(11(13)14-4)9(3)6-5-7-12/h5,8,12H,6H2,1-4H3/b10-9+. The van der Waals surface area contributed by atoms with Gasteiger partial charge in [0.1, 0.15) is 0 Å². The predicted octanol–water partition coefficient (Wildman–Crippen LogP) is 2.33. The fourth-order valence-electron chi connectivity index (χ4n) is 1.33. The lowest BCUT2D eigenvalue weighted by molar-refractivity contribution is -0.136. The summed E-state index contributed by atoms with van der Waals surface area (Å²) in [5.41, 5.74) is 1.63. The van der Waals surface area contributed by atoms with Crippen molar-refractivity contribution in [2.75, 3.05) is 7.11 Å². The first kappa shape index (κ1) is 12.7. The van der Waals surface area contributed by atoms with Crippen molar-refractivity contribution in [2.24, 2.45) is 5.92 Å². The zero-order valence-electron chi connectivity index (χ0n) is 9.18. The number of rotatable bonds is 4. The first-order chi connectivity index (χ1) is 6.54. The molecule has 0 radical (unpaired) electrons. The molecule has 0 rings (SSSR count). The van der Waals surface area contributed by atoms with Crippen LogP contribution in [0, 0.1) is 11.3 Å². The van der Waals surface area contributed by atoms with Crippen molar-refractivity contribution in [3.8, 4) is 0 Å². The SMILES string of the molecule is COC(=O)/C(=C(\C)CC=C=N)C(C)C. The molecule has 3 nitrogen and oxygen atoms in total. The van der Waals surface area contributed by atoms with Crippen LogP contribution in [0.25, 0.3) is 0 Å². The quantitative estimate of drug-likeness (QED) is 0.425. The van der Waals surface area contributed by atoms with Gasteiger partial charge in [-0.15, -0.1) is 0 Å². The molecule has 0 bridgehead atoms. The largest absolute Gasteiger partial charge is 0.466 e. The molecule has 1 N–H and O–H groups in total. The van der Waals surface area contributed by atoms with Gasteiger partial charge in [0.15, 0.2) is 0 Å². The Morgan fingerprint density at radius 1 is 1.57 bits per heavy atom. The zero-order valence-corrected chi connectivity index (χ0v) is 9.18. The smallest absolute Gasteiger partial charge is 0.333 e. The molecule has 14 heavy (non-hydrogen) atoms. The Kier molecular flexibility index (Phi) is 5.58. The second-order valence-corrected chi connectivity index (χ2v) is 3.39. The average molecular weight is 195 g/mol. The van der Waals surface area contributed by atoms with Crippen molar-refractivity contribution in [2.45, 2.75) is 27.2 Å². The highest BCUT2D eigenvalue weighted by Gasteiger charge is 2.16. The fraction of sp³-hybridized carbons (Fsp3) is 0.545. The maximum Gasteiger partial charge on any atom is 0.333 e. The lowest BCUT2D eigenvalue weighted by atomic mass is 9.96.